The van der Waals surface area contributed by atoms with E-state index < -0.39 is 0 Å². The number of aromatic nitrogens is 5. The molecule has 3 aromatic heterocycles. The van der Waals surface area contributed by atoms with Gasteiger partial charge in [-0.25, -0.2) is 9.37 Å². The molecule has 7 nitrogen and oxygen atoms in total. The molecule has 196 valence electrons. The van der Waals surface area contributed by atoms with E-state index in [9.17, 15) is 9.18 Å². The van der Waals surface area contributed by atoms with E-state index in [1.165, 1.54) is 6.07 Å². The van der Waals surface area contributed by atoms with Gasteiger partial charge in [0.15, 0.2) is 5.82 Å². The van der Waals surface area contributed by atoms with Crippen LogP contribution in [0.15, 0.2) is 79.7 Å². The molecule has 0 saturated heterocycles. The number of H-pyrrole nitrogens is 2. The molecule has 3 heterocycles. The summed E-state index contributed by atoms with van der Waals surface area (Å²) in [6, 6.07) is 14.5. The minimum Gasteiger partial charge on any atom is -0.340 e. The lowest BCUT2D eigenvalue weighted by Crippen LogP contribution is -2.11. The molecular formula is C31H29FN6O. The molecule has 0 unspecified atom stereocenters. The van der Waals surface area contributed by atoms with Gasteiger partial charge in [-0.2, -0.15) is 5.10 Å². The summed E-state index contributed by atoms with van der Waals surface area (Å²) in [5, 5.41) is 11.4. The van der Waals surface area contributed by atoms with E-state index in [0.29, 0.717) is 40.5 Å². The van der Waals surface area contributed by atoms with Crippen LogP contribution in [-0.4, -0.2) is 31.1 Å². The first kappa shape index (κ1) is 25.8. The number of imidazole rings is 1. The fraction of sp³-hybridized carbons (Fsp3) is 0.161. The Labute approximate surface area is 225 Å². The van der Waals surface area contributed by atoms with Crippen LogP contribution >= 0.6 is 0 Å². The Morgan fingerprint density at radius 3 is 2.77 bits per heavy atom. The second-order valence-corrected chi connectivity index (χ2v) is 9.30. The molecular weight excluding hydrogens is 491 g/mol. The molecule has 5 aromatic rings. The van der Waals surface area contributed by atoms with E-state index in [4.69, 9.17) is 4.98 Å². The van der Waals surface area contributed by atoms with Crippen LogP contribution in [0.5, 0.6) is 0 Å². The number of hydrogen-bond acceptors (Lipinski definition) is 4. The normalized spacial score (nSPS) is 11.6. The highest BCUT2D eigenvalue weighted by Crippen LogP contribution is 2.33. The van der Waals surface area contributed by atoms with Crippen LogP contribution in [0.1, 0.15) is 43.1 Å². The topological polar surface area (TPSA) is 99.3 Å². The number of rotatable bonds is 9. The second-order valence-electron chi connectivity index (χ2n) is 9.30. The number of fused-ring (bicyclic) bond motifs is 1. The Morgan fingerprint density at radius 1 is 1.13 bits per heavy atom. The van der Waals surface area contributed by atoms with Gasteiger partial charge in [0.25, 0.3) is 0 Å². The summed E-state index contributed by atoms with van der Waals surface area (Å²) in [4.78, 5) is 24.7. The molecule has 3 N–H and O–H groups in total. The molecule has 39 heavy (non-hydrogen) atoms. The average Bonchev–Trinajstić information content (AvgIpc) is 3.54. The molecule has 0 bridgehead atoms. The third-order valence-corrected chi connectivity index (χ3v) is 6.49. The zero-order valence-electron chi connectivity index (χ0n) is 21.9. The van der Waals surface area contributed by atoms with E-state index in [0.717, 1.165) is 40.6 Å². The predicted molar refractivity (Wildman–Crippen MR) is 153 cm³/mol. The SMILES string of the molecule is C=C/C=C(/c1ccccc1F)c1nc(-c2n[nH]c3ccc(-c4cncc(NC(=O)CCCC)c4)cc23)[nH]c1C. The van der Waals surface area contributed by atoms with Crippen molar-refractivity contribution in [2.24, 2.45) is 0 Å². The molecule has 0 aliphatic carbocycles. The average molecular weight is 521 g/mol. The third kappa shape index (κ3) is 5.40. The van der Waals surface area contributed by atoms with Crippen LogP contribution in [0.3, 0.4) is 0 Å². The van der Waals surface area contributed by atoms with Crippen LogP contribution in [0.2, 0.25) is 0 Å². The lowest BCUT2D eigenvalue weighted by Gasteiger charge is -2.07. The summed E-state index contributed by atoms with van der Waals surface area (Å²) in [5.41, 5.74) is 6.41. The van der Waals surface area contributed by atoms with Crippen molar-refractivity contribution in [3.8, 4) is 22.6 Å². The summed E-state index contributed by atoms with van der Waals surface area (Å²) in [6.45, 7) is 7.75. The molecule has 8 heteroatoms. The lowest BCUT2D eigenvalue weighted by molar-refractivity contribution is -0.116. The molecule has 0 atom stereocenters. The zero-order valence-corrected chi connectivity index (χ0v) is 21.9. The Bertz CT molecular complexity index is 1700. The Balaban J connectivity index is 1.51. The Morgan fingerprint density at radius 2 is 1.97 bits per heavy atom. The number of nitrogens with one attached hydrogen (secondary N) is 3. The van der Waals surface area contributed by atoms with Crippen molar-refractivity contribution in [2.75, 3.05) is 5.32 Å². The Kier molecular flexibility index (Phi) is 7.45. The van der Waals surface area contributed by atoms with Gasteiger partial charge in [0, 0.05) is 40.4 Å². The van der Waals surface area contributed by atoms with Gasteiger partial charge in [0.1, 0.15) is 11.5 Å². The third-order valence-electron chi connectivity index (χ3n) is 6.49. The number of pyridine rings is 1. The maximum atomic E-state index is 14.7. The number of anilines is 1. The Hall–Kier alpha value is -4.85. The van der Waals surface area contributed by atoms with Gasteiger partial charge >= 0.3 is 0 Å². The molecule has 1 amide bonds. The maximum Gasteiger partial charge on any atom is 0.224 e. The highest BCUT2D eigenvalue weighted by atomic mass is 19.1. The van der Waals surface area contributed by atoms with Gasteiger partial charge in [0.05, 0.1) is 23.1 Å². The van der Waals surface area contributed by atoms with Crippen molar-refractivity contribution in [1.29, 1.82) is 0 Å². The predicted octanol–water partition coefficient (Wildman–Crippen LogP) is 7.21. The largest absolute Gasteiger partial charge is 0.340 e. The highest BCUT2D eigenvalue weighted by Gasteiger charge is 2.19. The van der Waals surface area contributed by atoms with Crippen LogP contribution in [-0.2, 0) is 4.79 Å². The number of aromatic amines is 2. The number of hydrogen-bond donors (Lipinski definition) is 3. The molecule has 0 aliphatic heterocycles. The number of aryl methyl sites for hydroxylation is 1. The quantitative estimate of drug-likeness (QED) is 0.179. The fourth-order valence-corrected chi connectivity index (χ4v) is 4.53. The number of allylic oxidation sites excluding steroid dienone is 2. The van der Waals surface area contributed by atoms with Gasteiger partial charge in [-0.1, -0.05) is 56.3 Å². The molecule has 0 saturated carbocycles. The van der Waals surface area contributed by atoms with Crippen LogP contribution in [0, 0.1) is 12.7 Å². The van der Waals surface area contributed by atoms with Crippen molar-refractivity contribution in [3.63, 3.8) is 0 Å². The van der Waals surface area contributed by atoms with E-state index in [-0.39, 0.29) is 11.7 Å². The summed E-state index contributed by atoms with van der Waals surface area (Å²) < 4.78 is 14.7. The van der Waals surface area contributed by atoms with Crippen molar-refractivity contribution in [1.82, 2.24) is 25.1 Å². The summed E-state index contributed by atoms with van der Waals surface area (Å²) >= 11 is 0. The molecule has 2 aromatic carbocycles. The van der Waals surface area contributed by atoms with Gasteiger partial charge in [-0.15, -0.1) is 0 Å². The number of benzene rings is 2. The van der Waals surface area contributed by atoms with Crippen molar-refractivity contribution in [2.45, 2.75) is 33.1 Å². The smallest absolute Gasteiger partial charge is 0.224 e. The molecule has 5 rings (SSSR count). The van der Waals surface area contributed by atoms with Crippen molar-refractivity contribution in [3.05, 3.63) is 102 Å². The monoisotopic (exact) mass is 520 g/mol. The first-order valence-corrected chi connectivity index (χ1v) is 12.9. The number of carbonyl (C=O) groups excluding carboxylic acids is 1. The molecule has 0 fully saturated rings. The lowest BCUT2D eigenvalue weighted by atomic mass is 10.0. The zero-order chi connectivity index (χ0) is 27.4. The summed E-state index contributed by atoms with van der Waals surface area (Å²) in [6.07, 6.45) is 9.08. The van der Waals surface area contributed by atoms with Crippen molar-refractivity contribution >= 4 is 28.1 Å². The minimum atomic E-state index is -0.332. The number of nitrogens with zero attached hydrogens (tertiary/aromatic N) is 3. The number of unbranched alkanes of at least 4 members (excludes halogenated alkanes) is 1. The van der Waals surface area contributed by atoms with Gasteiger partial charge < -0.3 is 10.3 Å². The van der Waals surface area contributed by atoms with Crippen molar-refractivity contribution < 1.29 is 9.18 Å². The van der Waals surface area contributed by atoms with E-state index in [1.807, 2.05) is 31.2 Å². The summed E-state index contributed by atoms with van der Waals surface area (Å²) in [7, 11) is 0. The number of carbonyl (C=O) groups is 1. The van der Waals surface area contributed by atoms with Gasteiger partial charge in [-0.3, -0.25) is 14.9 Å². The fourth-order valence-electron chi connectivity index (χ4n) is 4.53. The molecule has 0 aliphatic rings. The van der Waals surface area contributed by atoms with E-state index >= 15 is 0 Å². The van der Waals surface area contributed by atoms with Crippen LogP contribution in [0.25, 0.3) is 39.1 Å². The van der Waals surface area contributed by atoms with Crippen LogP contribution in [0.4, 0.5) is 10.1 Å². The molecule has 0 radical (unpaired) electrons. The van der Waals surface area contributed by atoms with Gasteiger partial charge in [-0.05, 0) is 43.2 Å². The second kappa shape index (κ2) is 11.3. The first-order valence-electron chi connectivity index (χ1n) is 12.9. The standard InChI is InChI=1S/C31H29FN6O/c1-4-6-12-28(39)35-22-15-21(17-33-18-22)20-13-14-27-25(16-20)30(38-37-27)31-34-19(3)29(36-31)24(9-5-2)23-10-7-8-11-26(23)32/h5,7-11,13-18H,2,4,6,12H2,1,3H3,(H,34,36)(H,35,39)(H,37,38)/b24-9-. The maximum absolute atomic E-state index is 14.7. The van der Waals surface area contributed by atoms with E-state index in [1.54, 1.807) is 42.7 Å². The molecule has 0 spiro atoms. The van der Waals surface area contributed by atoms with Crippen LogP contribution < -0.4 is 5.32 Å². The number of halogens is 1. The van der Waals surface area contributed by atoms with E-state index in [2.05, 4.69) is 39.0 Å². The summed E-state index contributed by atoms with van der Waals surface area (Å²) in [5.74, 6) is 0.210. The highest BCUT2D eigenvalue weighted by molar-refractivity contribution is 5.95. The number of amides is 1. The van der Waals surface area contributed by atoms with Gasteiger partial charge in [0.2, 0.25) is 5.91 Å². The minimum absolute atomic E-state index is 0.0207. The first-order chi connectivity index (χ1) is 19.0.